The maximum Gasteiger partial charge on any atom is 0.136 e. The third-order valence-corrected chi connectivity index (χ3v) is 2.97. The number of halogens is 1. The Bertz CT molecular complexity index is 438. The van der Waals surface area contributed by atoms with Crippen LogP contribution in [-0.2, 0) is 0 Å². The van der Waals surface area contributed by atoms with Crippen LogP contribution in [0.2, 0.25) is 5.02 Å². The molecule has 0 saturated carbocycles. The number of fused-ring (bicyclic) bond motifs is 1. The number of aromatic hydroxyl groups is 1. The van der Waals surface area contributed by atoms with Crippen molar-refractivity contribution in [2.45, 2.75) is 0 Å². The fourth-order valence-corrected chi connectivity index (χ4v) is 2.11. The van der Waals surface area contributed by atoms with E-state index in [0.29, 0.717) is 16.1 Å². The van der Waals surface area contributed by atoms with Crippen molar-refractivity contribution in [3.05, 3.63) is 22.5 Å². The first-order chi connectivity index (χ1) is 5.70. The molecule has 0 saturated heterocycles. The van der Waals surface area contributed by atoms with Crippen molar-refractivity contribution < 1.29 is 5.11 Å². The predicted octanol–water partition coefficient (Wildman–Crippen LogP) is 2.84. The average Bonchev–Trinajstić information content (AvgIpc) is 2.41. The van der Waals surface area contributed by atoms with Crippen LogP contribution in [0.1, 0.15) is 0 Å². The molecule has 1 heterocycles. The third-order valence-electron chi connectivity index (χ3n) is 1.71. The Labute approximate surface area is 78.2 Å². The first-order valence-corrected chi connectivity index (χ1v) is 4.60. The quantitative estimate of drug-likeness (QED) is 0.641. The minimum absolute atomic E-state index is 0.204. The fourth-order valence-electron chi connectivity index (χ4n) is 1.11. The molecule has 0 amide bonds. The topological polar surface area (TPSA) is 46.2 Å². The van der Waals surface area contributed by atoms with Gasteiger partial charge in [0.15, 0.2) is 0 Å². The van der Waals surface area contributed by atoms with Gasteiger partial charge in [-0.25, -0.2) is 0 Å². The zero-order valence-corrected chi connectivity index (χ0v) is 7.62. The maximum absolute atomic E-state index is 9.39. The highest BCUT2D eigenvalue weighted by atomic mass is 35.5. The van der Waals surface area contributed by atoms with Gasteiger partial charge < -0.3 is 10.8 Å². The summed E-state index contributed by atoms with van der Waals surface area (Å²) in [6.07, 6.45) is 0. The molecule has 2 aromatic rings. The molecule has 0 aliphatic carbocycles. The van der Waals surface area contributed by atoms with E-state index in [1.165, 1.54) is 11.3 Å². The Morgan fingerprint density at radius 2 is 2.17 bits per heavy atom. The van der Waals surface area contributed by atoms with Crippen molar-refractivity contribution in [3.8, 4) is 5.75 Å². The van der Waals surface area contributed by atoms with Crippen molar-refractivity contribution in [1.29, 1.82) is 0 Å². The van der Waals surface area contributed by atoms with E-state index >= 15 is 0 Å². The highest BCUT2D eigenvalue weighted by Crippen LogP contribution is 2.38. The third kappa shape index (κ3) is 0.940. The van der Waals surface area contributed by atoms with Gasteiger partial charge in [0, 0.05) is 10.1 Å². The lowest BCUT2D eigenvalue weighted by Crippen LogP contribution is -1.85. The van der Waals surface area contributed by atoms with Gasteiger partial charge in [0.05, 0.1) is 16.1 Å². The molecule has 0 spiro atoms. The lowest BCUT2D eigenvalue weighted by atomic mass is 10.2. The molecular weight excluding hydrogens is 194 g/mol. The second-order valence-corrected chi connectivity index (χ2v) is 3.77. The lowest BCUT2D eigenvalue weighted by molar-refractivity contribution is 0.484. The van der Waals surface area contributed by atoms with Gasteiger partial charge in [0.25, 0.3) is 0 Å². The Kier molecular flexibility index (Phi) is 1.63. The summed E-state index contributed by atoms with van der Waals surface area (Å²) >= 11 is 7.23. The molecule has 0 aliphatic rings. The summed E-state index contributed by atoms with van der Waals surface area (Å²) in [6, 6.07) is 3.58. The molecular formula is C8H6ClNOS. The van der Waals surface area contributed by atoms with Crippen LogP contribution in [0.5, 0.6) is 5.75 Å². The van der Waals surface area contributed by atoms with Gasteiger partial charge in [-0.1, -0.05) is 11.6 Å². The number of nitrogen functional groups attached to an aromatic ring is 1. The summed E-state index contributed by atoms with van der Waals surface area (Å²) in [4.78, 5) is 0. The average molecular weight is 200 g/mol. The van der Waals surface area contributed by atoms with Gasteiger partial charge in [-0.3, -0.25) is 0 Å². The molecule has 2 nitrogen and oxygen atoms in total. The van der Waals surface area contributed by atoms with E-state index in [4.69, 9.17) is 17.3 Å². The van der Waals surface area contributed by atoms with E-state index in [1.54, 1.807) is 11.4 Å². The Hall–Kier alpha value is -0.930. The molecule has 0 bridgehead atoms. The Morgan fingerprint density at radius 3 is 2.92 bits per heavy atom. The highest BCUT2D eigenvalue weighted by Gasteiger charge is 2.08. The second kappa shape index (κ2) is 2.54. The van der Waals surface area contributed by atoms with E-state index in [2.05, 4.69) is 0 Å². The van der Waals surface area contributed by atoms with Crippen molar-refractivity contribution in [2.24, 2.45) is 0 Å². The van der Waals surface area contributed by atoms with Crippen LogP contribution in [0.25, 0.3) is 10.1 Å². The largest absolute Gasteiger partial charge is 0.506 e. The Balaban J connectivity index is 2.96. The molecule has 62 valence electrons. The van der Waals surface area contributed by atoms with Crippen molar-refractivity contribution in [3.63, 3.8) is 0 Å². The van der Waals surface area contributed by atoms with Crippen LogP contribution in [0, 0.1) is 0 Å². The van der Waals surface area contributed by atoms with Crippen molar-refractivity contribution >= 4 is 38.7 Å². The number of hydrogen-bond acceptors (Lipinski definition) is 3. The molecule has 1 aromatic heterocycles. The first kappa shape index (κ1) is 7.71. The van der Waals surface area contributed by atoms with Gasteiger partial charge in [0.1, 0.15) is 5.75 Å². The van der Waals surface area contributed by atoms with Crippen molar-refractivity contribution in [1.82, 2.24) is 0 Å². The van der Waals surface area contributed by atoms with Crippen LogP contribution in [-0.4, -0.2) is 5.11 Å². The zero-order valence-electron chi connectivity index (χ0n) is 6.04. The molecule has 1 aromatic carbocycles. The normalized spacial score (nSPS) is 10.8. The zero-order chi connectivity index (χ0) is 8.72. The minimum Gasteiger partial charge on any atom is -0.506 e. The highest BCUT2D eigenvalue weighted by molar-refractivity contribution is 7.17. The summed E-state index contributed by atoms with van der Waals surface area (Å²) in [5, 5.41) is 12.2. The predicted molar refractivity (Wildman–Crippen MR) is 52.9 cm³/mol. The molecule has 12 heavy (non-hydrogen) atoms. The number of hydrogen-bond donors (Lipinski definition) is 2. The first-order valence-electron chi connectivity index (χ1n) is 3.34. The van der Waals surface area contributed by atoms with E-state index in [-0.39, 0.29) is 5.75 Å². The molecule has 0 unspecified atom stereocenters. The number of rotatable bonds is 0. The SMILES string of the molecule is Nc1c(Cl)ccc2scc(O)c12. The van der Waals surface area contributed by atoms with E-state index in [1.807, 2.05) is 6.07 Å². The number of benzene rings is 1. The smallest absolute Gasteiger partial charge is 0.136 e. The standard InChI is InChI=1S/C8H6ClNOS/c9-4-1-2-6-7(8(4)10)5(11)3-12-6/h1-3,11H,10H2. The summed E-state index contributed by atoms with van der Waals surface area (Å²) in [5.74, 6) is 0.204. The molecule has 3 N–H and O–H groups in total. The van der Waals surface area contributed by atoms with Gasteiger partial charge >= 0.3 is 0 Å². The summed E-state index contributed by atoms with van der Waals surface area (Å²) in [6.45, 7) is 0. The minimum atomic E-state index is 0.204. The van der Waals surface area contributed by atoms with Gasteiger partial charge in [-0.15, -0.1) is 11.3 Å². The lowest BCUT2D eigenvalue weighted by Gasteiger charge is -1.99. The van der Waals surface area contributed by atoms with Crippen LogP contribution >= 0.6 is 22.9 Å². The summed E-state index contributed by atoms with van der Waals surface area (Å²) in [5.41, 5.74) is 6.13. The van der Waals surface area contributed by atoms with E-state index in [9.17, 15) is 5.11 Å². The number of thiophene rings is 1. The maximum atomic E-state index is 9.39. The van der Waals surface area contributed by atoms with Crippen LogP contribution in [0.4, 0.5) is 5.69 Å². The monoisotopic (exact) mass is 199 g/mol. The van der Waals surface area contributed by atoms with E-state index < -0.39 is 0 Å². The van der Waals surface area contributed by atoms with Gasteiger partial charge in [0.2, 0.25) is 0 Å². The van der Waals surface area contributed by atoms with Gasteiger partial charge in [-0.2, -0.15) is 0 Å². The summed E-state index contributed by atoms with van der Waals surface area (Å²) < 4.78 is 0.953. The van der Waals surface area contributed by atoms with Crippen molar-refractivity contribution in [2.75, 3.05) is 5.73 Å². The summed E-state index contributed by atoms with van der Waals surface area (Å²) in [7, 11) is 0. The van der Waals surface area contributed by atoms with E-state index in [0.717, 1.165) is 4.70 Å². The molecule has 2 rings (SSSR count). The Morgan fingerprint density at radius 1 is 1.42 bits per heavy atom. The molecule has 0 atom stereocenters. The van der Waals surface area contributed by atoms with Crippen LogP contribution < -0.4 is 5.73 Å². The second-order valence-electron chi connectivity index (χ2n) is 2.46. The van der Waals surface area contributed by atoms with Crippen LogP contribution in [0.3, 0.4) is 0 Å². The molecule has 0 fully saturated rings. The number of anilines is 1. The molecule has 0 radical (unpaired) electrons. The van der Waals surface area contributed by atoms with Gasteiger partial charge in [-0.05, 0) is 12.1 Å². The fraction of sp³-hybridized carbons (Fsp3) is 0. The van der Waals surface area contributed by atoms with Crippen LogP contribution in [0.15, 0.2) is 17.5 Å². The molecule has 0 aliphatic heterocycles. The molecule has 4 heteroatoms. The number of nitrogens with two attached hydrogens (primary N) is 1.